The van der Waals surface area contributed by atoms with Gasteiger partial charge >= 0.3 is 0 Å². The third kappa shape index (κ3) is 1.82. The van der Waals surface area contributed by atoms with Gasteiger partial charge in [-0.25, -0.2) is 0 Å². The molecule has 4 rings (SSSR count). The van der Waals surface area contributed by atoms with Crippen molar-refractivity contribution in [2.24, 2.45) is 27.0 Å². The molecule has 2 fully saturated rings. The predicted molar refractivity (Wildman–Crippen MR) is 86.8 cm³/mol. The molecule has 0 aromatic heterocycles. The molecule has 116 valence electrons. The average molecular weight is 298 g/mol. The number of hydrogen-bond donors (Lipinski definition) is 0. The van der Waals surface area contributed by atoms with Gasteiger partial charge in [-0.15, -0.1) is 0 Å². The Morgan fingerprint density at radius 2 is 2.00 bits per heavy atom. The van der Waals surface area contributed by atoms with Crippen molar-refractivity contribution in [1.82, 2.24) is 0 Å². The summed E-state index contributed by atoms with van der Waals surface area (Å²) >= 11 is 0. The van der Waals surface area contributed by atoms with Gasteiger partial charge in [0, 0.05) is 11.1 Å². The summed E-state index contributed by atoms with van der Waals surface area (Å²) in [5.74, 6) is 2.34. The highest BCUT2D eigenvalue weighted by Crippen LogP contribution is 2.63. The predicted octanol–water partition coefficient (Wildman–Crippen LogP) is 4.04. The van der Waals surface area contributed by atoms with Gasteiger partial charge in [-0.1, -0.05) is 20.8 Å². The summed E-state index contributed by atoms with van der Waals surface area (Å²) in [5.41, 5.74) is 2.82. The summed E-state index contributed by atoms with van der Waals surface area (Å²) in [5, 5.41) is 8.92. The molecule has 4 nitrogen and oxygen atoms in total. The van der Waals surface area contributed by atoms with Gasteiger partial charge in [0.05, 0.1) is 6.21 Å². The zero-order valence-electron chi connectivity index (χ0n) is 13.4. The molecule has 1 aromatic rings. The van der Waals surface area contributed by atoms with Crippen molar-refractivity contribution >= 4 is 11.9 Å². The van der Waals surface area contributed by atoms with Crippen LogP contribution in [0.1, 0.15) is 45.6 Å². The van der Waals surface area contributed by atoms with Gasteiger partial charge in [0.25, 0.3) is 0 Å². The Labute approximate surface area is 131 Å². The van der Waals surface area contributed by atoms with Crippen LogP contribution in [0.3, 0.4) is 0 Å². The first-order valence-corrected chi connectivity index (χ1v) is 8.01. The van der Waals surface area contributed by atoms with E-state index < -0.39 is 0 Å². The molecular formula is C18H22N2O2. The van der Waals surface area contributed by atoms with Gasteiger partial charge in [-0.3, -0.25) is 0 Å². The second-order valence-electron chi connectivity index (χ2n) is 7.40. The minimum Gasteiger partial charge on any atom is -0.454 e. The van der Waals surface area contributed by atoms with Gasteiger partial charge < -0.3 is 9.47 Å². The van der Waals surface area contributed by atoms with Crippen LogP contribution in [0.25, 0.3) is 0 Å². The van der Waals surface area contributed by atoms with Crippen LogP contribution in [0.2, 0.25) is 0 Å². The zero-order chi connectivity index (χ0) is 15.4. The van der Waals surface area contributed by atoms with Crippen LogP contribution in [0, 0.1) is 16.7 Å². The fourth-order valence-electron chi connectivity index (χ4n) is 4.24. The standard InChI is InChI=1S/C18H22N2O2/c1-17(2)13-6-7-18(17,3)16(9-13)20-19-10-12-4-5-14-15(8-12)22-11-21-14/h4-5,8,10,13H,6-7,9,11H2,1-3H3/b19-10+,20-16+. The first-order chi connectivity index (χ1) is 10.5. The molecule has 22 heavy (non-hydrogen) atoms. The molecule has 0 spiro atoms. The molecule has 2 unspecified atom stereocenters. The first kappa shape index (κ1) is 13.8. The van der Waals surface area contributed by atoms with E-state index in [0.717, 1.165) is 29.4 Å². The van der Waals surface area contributed by atoms with Crippen molar-refractivity contribution in [3.63, 3.8) is 0 Å². The van der Waals surface area contributed by atoms with Gasteiger partial charge in [0.1, 0.15) is 0 Å². The Balaban J connectivity index is 1.55. The maximum atomic E-state index is 5.38. The van der Waals surface area contributed by atoms with E-state index in [1.54, 1.807) is 6.21 Å². The van der Waals surface area contributed by atoms with Crippen LogP contribution in [-0.4, -0.2) is 18.7 Å². The molecule has 2 aliphatic carbocycles. The average Bonchev–Trinajstić information content (AvgIpc) is 3.09. The molecule has 1 aliphatic heterocycles. The maximum absolute atomic E-state index is 5.38. The highest BCUT2D eigenvalue weighted by Gasteiger charge is 2.59. The van der Waals surface area contributed by atoms with E-state index in [-0.39, 0.29) is 5.41 Å². The van der Waals surface area contributed by atoms with Crippen LogP contribution < -0.4 is 9.47 Å². The molecule has 0 saturated heterocycles. The van der Waals surface area contributed by atoms with Crippen LogP contribution in [0.4, 0.5) is 0 Å². The molecule has 1 aromatic carbocycles. The SMILES string of the molecule is CC12CCC(C/C1=N\N=C\c1ccc3c(c1)OCO3)C2(C)C. The molecule has 1 heterocycles. The van der Waals surface area contributed by atoms with E-state index in [1.165, 1.54) is 18.6 Å². The molecule has 0 N–H and O–H groups in total. The smallest absolute Gasteiger partial charge is 0.231 e. The molecule has 2 atom stereocenters. The maximum Gasteiger partial charge on any atom is 0.231 e. The lowest BCUT2D eigenvalue weighted by Crippen LogP contribution is -2.32. The second-order valence-corrected chi connectivity index (χ2v) is 7.40. The number of ether oxygens (including phenoxy) is 2. The fourth-order valence-corrected chi connectivity index (χ4v) is 4.24. The van der Waals surface area contributed by atoms with Gasteiger partial charge in [-0.2, -0.15) is 10.2 Å². The summed E-state index contributed by atoms with van der Waals surface area (Å²) in [7, 11) is 0. The van der Waals surface area contributed by atoms with E-state index in [4.69, 9.17) is 9.47 Å². The van der Waals surface area contributed by atoms with Crippen LogP contribution in [0.5, 0.6) is 11.5 Å². The molecule has 2 bridgehead atoms. The summed E-state index contributed by atoms with van der Waals surface area (Å²) < 4.78 is 10.7. The fraction of sp³-hybridized carbons (Fsp3) is 0.556. The summed E-state index contributed by atoms with van der Waals surface area (Å²) in [6.07, 6.45) is 5.47. The van der Waals surface area contributed by atoms with Crippen molar-refractivity contribution in [2.45, 2.75) is 40.0 Å². The number of hydrogen-bond acceptors (Lipinski definition) is 4. The minimum atomic E-state index is 0.212. The molecule has 2 saturated carbocycles. The summed E-state index contributed by atoms with van der Waals surface area (Å²) in [4.78, 5) is 0. The number of rotatable bonds is 2. The van der Waals surface area contributed by atoms with Crippen LogP contribution in [0.15, 0.2) is 28.4 Å². The Kier molecular flexibility index (Phi) is 2.87. The highest BCUT2D eigenvalue weighted by atomic mass is 16.7. The van der Waals surface area contributed by atoms with Crippen molar-refractivity contribution in [2.75, 3.05) is 6.79 Å². The van der Waals surface area contributed by atoms with Crippen LogP contribution in [-0.2, 0) is 0 Å². The zero-order valence-corrected chi connectivity index (χ0v) is 13.4. The molecule has 0 amide bonds. The van der Waals surface area contributed by atoms with E-state index in [2.05, 4.69) is 31.0 Å². The van der Waals surface area contributed by atoms with E-state index in [0.29, 0.717) is 12.2 Å². The minimum absolute atomic E-state index is 0.212. The van der Waals surface area contributed by atoms with Crippen molar-refractivity contribution in [3.8, 4) is 11.5 Å². The van der Waals surface area contributed by atoms with Gasteiger partial charge in [0.15, 0.2) is 11.5 Å². The van der Waals surface area contributed by atoms with Crippen molar-refractivity contribution in [3.05, 3.63) is 23.8 Å². The van der Waals surface area contributed by atoms with E-state index in [9.17, 15) is 0 Å². The highest BCUT2D eigenvalue weighted by molar-refractivity contribution is 5.94. The third-order valence-corrected chi connectivity index (χ3v) is 6.29. The van der Waals surface area contributed by atoms with E-state index in [1.807, 2.05) is 18.2 Å². The number of nitrogens with zero attached hydrogens (tertiary/aromatic N) is 2. The van der Waals surface area contributed by atoms with Gasteiger partial charge in [-0.05, 0) is 54.4 Å². The lowest BCUT2D eigenvalue weighted by atomic mass is 9.70. The first-order valence-electron chi connectivity index (χ1n) is 8.01. The van der Waals surface area contributed by atoms with Crippen LogP contribution >= 0.6 is 0 Å². The van der Waals surface area contributed by atoms with Crippen molar-refractivity contribution in [1.29, 1.82) is 0 Å². The third-order valence-electron chi connectivity index (χ3n) is 6.29. The Morgan fingerprint density at radius 3 is 2.73 bits per heavy atom. The molecular weight excluding hydrogens is 276 g/mol. The number of fused-ring (bicyclic) bond motifs is 3. The molecule has 3 aliphatic rings. The quantitative estimate of drug-likeness (QED) is 0.611. The lowest BCUT2D eigenvalue weighted by Gasteiger charge is -2.34. The molecule has 0 radical (unpaired) electrons. The lowest BCUT2D eigenvalue weighted by molar-refractivity contribution is 0.174. The van der Waals surface area contributed by atoms with E-state index >= 15 is 0 Å². The van der Waals surface area contributed by atoms with Crippen molar-refractivity contribution < 1.29 is 9.47 Å². The topological polar surface area (TPSA) is 43.2 Å². The summed E-state index contributed by atoms with van der Waals surface area (Å²) in [6.45, 7) is 7.42. The normalized spacial score (nSPS) is 33.2. The largest absolute Gasteiger partial charge is 0.454 e. The Bertz CT molecular complexity index is 678. The Morgan fingerprint density at radius 1 is 1.18 bits per heavy atom. The molecule has 4 heteroatoms. The Hall–Kier alpha value is -1.84. The van der Waals surface area contributed by atoms with Gasteiger partial charge in [0.2, 0.25) is 6.79 Å². The summed E-state index contributed by atoms with van der Waals surface area (Å²) in [6, 6.07) is 5.83. The monoisotopic (exact) mass is 298 g/mol. The second kappa shape index (κ2) is 4.58. The number of benzene rings is 1.